The van der Waals surface area contributed by atoms with E-state index in [0.29, 0.717) is 28.1 Å². The molecule has 192 valence electrons. The number of halogens is 5. The van der Waals surface area contributed by atoms with Gasteiger partial charge in [0, 0.05) is 16.4 Å². The number of amides is 3. The van der Waals surface area contributed by atoms with Crippen molar-refractivity contribution in [1.82, 2.24) is 5.43 Å². The molecule has 8 nitrogen and oxygen atoms in total. The first kappa shape index (κ1) is 27.5. The summed E-state index contributed by atoms with van der Waals surface area (Å²) in [5, 5.41) is 8.25. The van der Waals surface area contributed by atoms with Gasteiger partial charge in [-0.05, 0) is 66.2 Å². The third-order valence-electron chi connectivity index (χ3n) is 4.47. The molecule has 3 amide bonds. The van der Waals surface area contributed by atoms with E-state index in [4.69, 9.17) is 27.9 Å². The van der Waals surface area contributed by atoms with E-state index in [-0.39, 0.29) is 18.2 Å². The summed E-state index contributed by atoms with van der Waals surface area (Å²) in [5.41, 5.74) is 1.59. The first-order valence-corrected chi connectivity index (χ1v) is 11.1. The minimum Gasteiger partial charge on any atom is -0.484 e. The van der Waals surface area contributed by atoms with Crippen LogP contribution in [0.3, 0.4) is 0 Å². The third-order valence-corrected chi connectivity index (χ3v) is 5.04. The molecule has 3 aromatic carbocycles. The molecule has 13 heteroatoms. The number of benzene rings is 3. The summed E-state index contributed by atoms with van der Waals surface area (Å²) in [7, 11) is 0. The summed E-state index contributed by atoms with van der Waals surface area (Å²) in [6, 6.07) is 15.6. The Morgan fingerprint density at radius 3 is 2.27 bits per heavy atom. The van der Waals surface area contributed by atoms with Gasteiger partial charge >= 0.3 is 18.0 Å². The average Bonchev–Trinajstić information content (AvgIpc) is 2.84. The fraction of sp³-hybridized carbons (Fsp3) is 0.0833. The van der Waals surface area contributed by atoms with Crippen LogP contribution in [0.25, 0.3) is 0 Å². The van der Waals surface area contributed by atoms with Crippen LogP contribution in [0.15, 0.2) is 71.8 Å². The van der Waals surface area contributed by atoms with Crippen molar-refractivity contribution in [2.75, 3.05) is 17.2 Å². The second-order valence-corrected chi connectivity index (χ2v) is 8.11. The lowest BCUT2D eigenvalue weighted by Crippen LogP contribution is -2.32. The van der Waals surface area contributed by atoms with Gasteiger partial charge in [0.05, 0.1) is 16.8 Å². The second kappa shape index (κ2) is 12.2. The van der Waals surface area contributed by atoms with E-state index in [9.17, 15) is 27.6 Å². The predicted octanol–water partition coefficient (Wildman–Crippen LogP) is 5.12. The van der Waals surface area contributed by atoms with Crippen LogP contribution in [0.4, 0.5) is 24.5 Å². The average molecular weight is 553 g/mol. The van der Waals surface area contributed by atoms with Crippen molar-refractivity contribution in [3.63, 3.8) is 0 Å². The van der Waals surface area contributed by atoms with Gasteiger partial charge in [-0.15, -0.1) is 0 Å². The zero-order valence-electron chi connectivity index (χ0n) is 18.6. The summed E-state index contributed by atoms with van der Waals surface area (Å²) in [5.74, 6) is -2.43. The van der Waals surface area contributed by atoms with Gasteiger partial charge in [0.2, 0.25) is 0 Å². The standard InChI is InChI=1S/C24H17Cl2F3N4O4/c25-15-2-1-3-16(10-15)31-21(34)13-37-18-7-4-14(5-8-18)12-30-33-23(36)22(35)32-17-6-9-20(26)19(11-17)24(27,28)29/h1-12H,13H2,(H,31,34)(H,32,35)(H,33,36)/b30-12-. The van der Waals surface area contributed by atoms with Crippen LogP contribution in [0.2, 0.25) is 10.0 Å². The lowest BCUT2D eigenvalue weighted by atomic mass is 10.2. The van der Waals surface area contributed by atoms with E-state index in [0.717, 1.165) is 12.1 Å². The zero-order valence-corrected chi connectivity index (χ0v) is 20.1. The molecule has 0 saturated carbocycles. The molecule has 0 fully saturated rings. The van der Waals surface area contributed by atoms with Gasteiger partial charge in [0.15, 0.2) is 6.61 Å². The maximum Gasteiger partial charge on any atom is 0.417 e. The second-order valence-electron chi connectivity index (χ2n) is 7.26. The van der Waals surface area contributed by atoms with Crippen molar-refractivity contribution < 1.29 is 32.3 Å². The van der Waals surface area contributed by atoms with Crippen molar-refractivity contribution in [2.45, 2.75) is 6.18 Å². The smallest absolute Gasteiger partial charge is 0.417 e. The summed E-state index contributed by atoms with van der Waals surface area (Å²) in [4.78, 5) is 35.8. The van der Waals surface area contributed by atoms with Gasteiger partial charge in [-0.2, -0.15) is 18.3 Å². The minimum atomic E-state index is -4.73. The van der Waals surface area contributed by atoms with Crippen molar-refractivity contribution in [3.05, 3.63) is 87.9 Å². The van der Waals surface area contributed by atoms with Gasteiger partial charge in [-0.1, -0.05) is 29.3 Å². The Morgan fingerprint density at radius 2 is 1.59 bits per heavy atom. The first-order chi connectivity index (χ1) is 17.5. The number of ether oxygens (including phenoxy) is 1. The largest absolute Gasteiger partial charge is 0.484 e. The molecule has 37 heavy (non-hydrogen) atoms. The molecule has 0 aliphatic carbocycles. The first-order valence-electron chi connectivity index (χ1n) is 10.3. The van der Waals surface area contributed by atoms with Gasteiger partial charge in [-0.25, -0.2) is 5.43 Å². The molecule has 0 heterocycles. The molecule has 0 radical (unpaired) electrons. The Balaban J connectivity index is 1.46. The summed E-state index contributed by atoms with van der Waals surface area (Å²) < 4.78 is 44.2. The van der Waals surface area contributed by atoms with Crippen LogP contribution in [0, 0.1) is 0 Å². The number of hydrogen-bond acceptors (Lipinski definition) is 5. The van der Waals surface area contributed by atoms with Gasteiger partial charge in [-0.3, -0.25) is 14.4 Å². The van der Waals surface area contributed by atoms with E-state index >= 15 is 0 Å². The van der Waals surface area contributed by atoms with Crippen molar-refractivity contribution in [3.8, 4) is 5.75 Å². The van der Waals surface area contributed by atoms with E-state index in [2.05, 4.69) is 10.4 Å². The molecule has 0 spiro atoms. The van der Waals surface area contributed by atoms with Crippen LogP contribution >= 0.6 is 23.2 Å². The van der Waals surface area contributed by atoms with Crippen molar-refractivity contribution >= 4 is 58.5 Å². The van der Waals surface area contributed by atoms with Crippen LogP contribution in [-0.4, -0.2) is 30.5 Å². The van der Waals surface area contributed by atoms with Crippen LogP contribution < -0.4 is 20.8 Å². The molecule has 3 N–H and O–H groups in total. The Hall–Kier alpha value is -4.09. The molecule has 0 aromatic heterocycles. The number of anilines is 2. The maximum atomic E-state index is 12.9. The SMILES string of the molecule is O=C(COc1ccc(/C=N\NC(=O)C(=O)Nc2ccc(Cl)c(C(F)(F)F)c2)cc1)Nc1cccc(Cl)c1. The minimum absolute atomic E-state index is 0.247. The summed E-state index contributed by atoms with van der Waals surface area (Å²) in [6.07, 6.45) is -3.50. The molecule has 0 saturated heterocycles. The molecule has 0 unspecified atom stereocenters. The molecule has 3 aromatic rings. The normalized spacial score (nSPS) is 11.2. The van der Waals surface area contributed by atoms with Gasteiger partial charge < -0.3 is 15.4 Å². The third kappa shape index (κ3) is 8.51. The van der Waals surface area contributed by atoms with Crippen LogP contribution in [0.5, 0.6) is 5.75 Å². The fourth-order valence-electron chi connectivity index (χ4n) is 2.79. The van der Waals surface area contributed by atoms with Crippen molar-refractivity contribution in [1.29, 1.82) is 0 Å². The number of carbonyl (C=O) groups excluding carboxylic acids is 3. The predicted molar refractivity (Wildman–Crippen MR) is 133 cm³/mol. The number of rotatable bonds is 7. The molecular weight excluding hydrogens is 536 g/mol. The lowest BCUT2D eigenvalue weighted by molar-refractivity contribution is -0.137. The Bertz CT molecular complexity index is 1330. The number of carbonyl (C=O) groups is 3. The highest BCUT2D eigenvalue weighted by molar-refractivity contribution is 6.39. The molecule has 3 rings (SSSR count). The fourth-order valence-corrected chi connectivity index (χ4v) is 3.20. The number of nitrogens with zero attached hydrogens (tertiary/aromatic N) is 1. The van der Waals surface area contributed by atoms with Crippen LogP contribution in [-0.2, 0) is 20.6 Å². The monoisotopic (exact) mass is 552 g/mol. The molecular formula is C24H17Cl2F3N4O4. The van der Waals surface area contributed by atoms with Crippen LogP contribution in [0.1, 0.15) is 11.1 Å². The van der Waals surface area contributed by atoms with E-state index in [1.807, 2.05) is 10.7 Å². The highest BCUT2D eigenvalue weighted by Crippen LogP contribution is 2.36. The van der Waals surface area contributed by atoms with E-state index in [1.165, 1.54) is 6.21 Å². The Labute approximate surface area is 218 Å². The number of hydrazone groups is 1. The molecule has 0 bridgehead atoms. The number of alkyl halides is 3. The molecule has 0 aliphatic rings. The quantitative estimate of drug-likeness (QED) is 0.215. The number of nitrogens with one attached hydrogen (secondary N) is 3. The van der Waals surface area contributed by atoms with Gasteiger partial charge in [0.1, 0.15) is 5.75 Å². The Morgan fingerprint density at radius 1 is 0.892 bits per heavy atom. The Kier molecular flexibility index (Phi) is 9.10. The van der Waals surface area contributed by atoms with E-state index < -0.39 is 28.6 Å². The van der Waals surface area contributed by atoms with E-state index in [1.54, 1.807) is 48.5 Å². The highest BCUT2D eigenvalue weighted by atomic mass is 35.5. The topological polar surface area (TPSA) is 109 Å². The van der Waals surface area contributed by atoms with Crippen molar-refractivity contribution in [2.24, 2.45) is 5.10 Å². The number of hydrogen-bond donors (Lipinski definition) is 3. The summed E-state index contributed by atoms with van der Waals surface area (Å²) >= 11 is 11.4. The van der Waals surface area contributed by atoms with Gasteiger partial charge in [0.25, 0.3) is 5.91 Å². The maximum absolute atomic E-state index is 12.9. The lowest BCUT2D eigenvalue weighted by Gasteiger charge is -2.11. The summed E-state index contributed by atoms with van der Waals surface area (Å²) in [6.45, 7) is -0.247. The molecule has 0 aliphatic heterocycles. The zero-order chi connectivity index (χ0) is 27.0. The molecule has 0 atom stereocenters. The highest BCUT2D eigenvalue weighted by Gasteiger charge is 2.33.